The number of carbonyl (C=O) groups excluding carboxylic acids is 2. The Hall–Kier alpha value is -2.76. The molecule has 1 aliphatic heterocycles. The molecule has 0 radical (unpaired) electrons. The number of para-hydroxylation sites is 2. The number of nitrogens with one attached hydrogen (secondary N) is 1. The summed E-state index contributed by atoms with van der Waals surface area (Å²) in [5.74, 6) is -2.91. The van der Waals surface area contributed by atoms with Gasteiger partial charge in [0.05, 0.1) is 0 Å². The number of anilines is 2. The number of carbonyl (C=O) groups is 2. The zero-order valence-corrected chi connectivity index (χ0v) is 13.1. The standard InChI is InChI=1S/C18H16F2N2O2/c1-11-9-12-5-2-3-8-15(12)22(11)17(24)10-16(23)21-18-13(19)6-4-7-14(18)20/h2-8,11H,9-10H2,1H3,(H,21,23). The molecular formula is C18H16F2N2O2. The van der Waals surface area contributed by atoms with E-state index in [0.29, 0.717) is 6.42 Å². The second kappa shape index (κ2) is 6.39. The van der Waals surface area contributed by atoms with Crippen LogP contribution in [0.1, 0.15) is 18.9 Å². The third kappa shape index (κ3) is 2.99. The Morgan fingerprint density at radius 1 is 1.12 bits per heavy atom. The highest BCUT2D eigenvalue weighted by Crippen LogP contribution is 2.32. The van der Waals surface area contributed by atoms with Crippen LogP contribution >= 0.6 is 0 Å². The Balaban J connectivity index is 1.72. The number of nitrogens with zero attached hydrogens (tertiary/aromatic N) is 1. The van der Waals surface area contributed by atoms with Crippen LogP contribution in [0.2, 0.25) is 0 Å². The Bertz CT molecular complexity index is 787. The Kier molecular flexibility index (Phi) is 4.29. The molecule has 124 valence electrons. The van der Waals surface area contributed by atoms with Crippen LogP contribution in [-0.2, 0) is 16.0 Å². The fraction of sp³-hybridized carbons (Fsp3) is 0.222. The van der Waals surface area contributed by atoms with Crippen LogP contribution in [0, 0.1) is 11.6 Å². The summed E-state index contributed by atoms with van der Waals surface area (Å²) in [6.45, 7) is 1.90. The summed E-state index contributed by atoms with van der Waals surface area (Å²) in [5.41, 5.74) is 1.28. The van der Waals surface area contributed by atoms with Gasteiger partial charge in [0.1, 0.15) is 23.7 Å². The van der Waals surface area contributed by atoms with E-state index in [-0.39, 0.29) is 6.04 Å². The van der Waals surface area contributed by atoms with Gasteiger partial charge in [-0.05, 0) is 37.1 Å². The molecule has 1 atom stereocenters. The van der Waals surface area contributed by atoms with Crippen LogP contribution in [0.15, 0.2) is 42.5 Å². The van der Waals surface area contributed by atoms with E-state index in [1.807, 2.05) is 31.2 Å². The summed E-state index contributed by atoms with van der Waals surface area (Å²) in [5, 5.41) is 2.14. The number of hydrogen-bond donors (Lipinski definition) is 1. The molecule has 0 aliphatic carbocycles. The first-order chi connectivity index (χ1) is 11.5. The molecule has 0 aromatic heterocycles. The van der Waals surface area contributed by atoms with E-state index in [1.54, 1.807) is 4.90 Å². The minimum Gasteiger partial charge on any atom is -0.321 e. The fourth-order valence-corrected chi connectivity index (χ4v) is 2.97. The van der Waals surface area contributed by atoms with Gasteiger partial charge in [-0.3, -0.25) is 9.59 Å². The Morgan fingerprint density at radius 2 is 1.79 bits per heavy atom. The van der Waals surface area contributed by atoms with Crippen molar-refractivity contribution in [2.75, 3.05) is 10.2 Å². The zero-order valence-electron chi connectivity index (χ0n) is 13.1. The average molecular weight is 330 g/mol. The predicted molar refractivity (Wildman–Crippen MR) is 86.7 cm³/mol. The lowest BCUT2D eigenvalue weighted by Crippen LogP contribution is -2.37. The highest BCUT2D eigenvalue weighted by molar-refractivity contribution is 6.10. The maximum Gasteiger partial charge on any atom is 0.236 e. The minimum atomic E-state index is -0.879. The quantitative estimate of drug-likeness (QED) is 0.878. The Morgan fingerprint density at radius 3 is 2.50 bits per heavy atom. The van der Waals surface area contributed by atoms with Crippen molar-refractivity contribution in [3.63, 3.8) is 0 Å². The summed E-state index contributed by atoms with van der Waals surface area (Å²) in [4.78, 5) is 26.0. The van der Waals surface area contributed by atoms with E-state index in [2.05, 4.69) is 5.32 Å². The summed E-state index contributed by atoms with van der Waals surface area (Å²) in [6.07, 6.45) is 0.234. The largest absolute Gasteiger partial charge is 0.321 e. The molecule has 0 spiro atoms. The summed E-state index contributed by atoms with van der Waals surface area (Å²) >= 11 is 0. The third-order valence-corrected chi connectivity index (χ3v) is 4.01. The lowest BCUT2D eigenvalue weighted by atomic mass is 10.1. The number of fused-ring (bicyclic) bond motifs is 1. The van der Waals surface area contributed by atoms with E-state index in [1.165, 1.54) is 6.07 Å². The molecule has 24 heavy (non-hydrogen) atoms. The van der Waals surface area contributed by atoms with E-state index >= 15 is 0 Å². The van der Waals surface area contributed by atoms with Crippen molar-refractivity contribution in [2.45, 2.75) is 25.8 Å². The number of amides is 2. The minimum absolute atomic E-state index is 0.0621. The van der Waals surface area contributed by atoms with Gasteiger partial charge in [-0.1, -0.05) is 24.3 Å². The monoisotopic (exact) mass is 330 g/mol. The van der Waals surface area contributed by atoms with Crippen molar-refractivity contribution in [3.05, 3.63) is 59.7 Å². The number of hydrogen-bond acceptors (Lipinski definition) is 2. The normalized spacial score (nSPS) is 16.0. The van der Waals surface area contributed by atoms with Gasteiger partial charge in [0.2, 0.25) is 11.8 Å². The first kappa shape index (κ1) is 16.1. The van der Waals surface area contributed by atoms with Crippen molar-refractivity contribution >= 4 is 23.2 Å². The van der Waals surface area contributed by atoms with Gasteiger partial charge in [-0.15, -0.1) is 0 Å². The fourth-order valence-electron chi connectivity index (χ4n) is 2.97. The van der Waals surface area contributed by atoms with Gasteiger partial charge < -0.3 is 10.2 Å². The van der Waals surface area contributed by atoms with Gasteiger partial charge in [0.15, 0.2) is 0 Å². The molecule has 1 N–H and O–H groups in total. The van der Waals surface area contributed by atoms with Gasteiger partial charge in [-0.2, -0.15) is 0 Å². The van der Waals surface area contributed by atoms with E-state index in [9.17, 15) is 18.4 Å². The highest BCUT2D eigenvalue weighted by atomic mass is 19.1. The van der Waals surface area contributed by atoms with Gasteiger partial charge in [-0.25, -0.2) is 8.78 Å². The van der Waals surface area contributed by atoms with E-state index in [0.717, 1.165) is 23.4 Å². The van der Waals surface area contributed by atoms with Crippen molar-refractivity contribution in [3.8, 4) is 0 Å². The highest BCUT2D eigenvalue weighted by Gasteiger charge is 2.31. The zero-order chi connectivity index (χ0) is 17.3. The van der Waals surface area contributed by atoms with Crippen molar-refractivity contribution < 1.29 is 18.4 Å². The molecule has 1 heterocycles. The second-order valence-electron chi connectivity index (χ2n) is 5.77. The average Bonchev–Trinajstić information content (AvgIpc) is 2.86. The number of halogens is 2. The van der Waals surface area contributed by atoms with E-state index in [4.69, 9.17) is 0 Å². The molecule has 2 aromatic rings. The van der Waals surface area contributed by atoms with Crippen LogP contribution in [0.25, 0.3) is 0 Å². The maximum absolute atomic E-state index is 13.6. The van der Waals surface area contributed by atoms with Gasteiger partial charge in [0.25, 0.3) is 0 Å². The molecule has 2 amide bonds. The summed E-state index contributed by atoms with van der Waals surface area (Å²) in [6, 6.07) is 10.7. The Labute approximate surface area is 138 Å². The molecule has 3 rings (SSSR count). The molecule has 1 aliphatic rings. The molecule has 0 saturated heterocycles. The lowest BCUT2D eigenvalue weighted by molar-refractivity contribution is -0.125. The SMILES string of the molecule is CC1Cc2ccccc2N1C(=O)CC(=O)Nc1c(F)cccc1F. The van der Waals surface area contributed by atoms with Crippen LogP contribution in [0.5, 0.6) is 0 Å². The molecule has 2 aromatic carbocycles. The first-order valence-electron chi connectivity index (χ1n) is 7.61. The molecule has 0 fully saturated rings. The molecular weight excluding hydrogens is 314 g/mol. The maximum atomic E-state index is 13.6. The topological polar surface area (TPSA) is 49.4 Å². The molecule has 1 unspecified atom stereocenters. The molecule has 6 heteroatoms. The van der Waals surface area contributed by atoms with Crippen LogP contribution in [-0.4, -0.2) is 17.9 Å². The summed E-state index contributed by atoms with van der Waals surface area (Å²) < 4.78 is 27.1. The van der Waals surface area contributed by atoms with Crippen LogP contribution < -0.4 is 10.2 Å². The van der Waals surface area contributed by atoms with Gasteiger partial charge in [0, 0.05) is 11.7 Å². The molecule has 0 saturated carbocycles. The number of rotatable bonds is 3. The molecule has 4 nitrogen and oxygen atoms in total. The predicted octanol–water partition coefficient (Wildman–Crippen LogP) is 3.27. The lowest BCUT2D eigenvalue weighted by Gasteiger charge is -2.22. The van der Waals surface area contributed by atoms with Crippen molar-refractivity contribution in [1.29, 1.82) is 0 Å². The van der Waals surface area contributed by atoms with Crippen molar-refractivity contribution in [1.82, 2.24) is 0 Å². The third-order valence-electron chi connectivity index (χ3n) is 4.01. The second-order valence-corrected chi connectivity index (χ2v) is 5.77. The van der Waals surface area contributed by atoms with E-state index < -0.39 is 35.6 Å². The van der Waals surface area contributed by atoms with Crippen LogP contribution in [0.4, 0.5) is 20.2 Å². The van der Waals surface area contributed by atoms with Crippen molar-refractivity contribution in [2.24, 2.45) is 0 Å². The van der Waals surface area contributed by atoms with Crippen LogP contribution in [0.3, 0.4) is 0 Å². The smallest absolute Gasteiger partial charge is 0.236 e. The number of benzene rings is 2. The molecule has 0 bridgehead atoms. The van der Waals surface area contributed by atoms with Gasteiger partial charge >= 0.3 is 0 Å². The first-order valence-corrected chi connectivity index (χ1v) is 7.61. The summed E-state index contributed by atoms with van der Waals surface area (Å²) in [7, 11) is 0.